The maximum atomic E-state index is 11.6. The van der Waals surface area contributed by atoms with Crippen LogP contribution >= 0.6 is 11.6 Å². The summed E-state index contributed by atoms with van der Waals surface area (Å²) in [7, 11) is 1.64. The van der Waals surface area contributed by atoms with E-state index in [1.807, 2.05) is 48.5 Å². The van der Waals surface area contributed by atoms with Crippen molar-refractivity contribution in [1.29, 1.82) is 0 Å². The standard InChI is InChI=1S/C20H23ClN2O2/c1-22-20(24)16-4-2-15(3-5-16)14-23(18-8-9-18)12-13-25-19-10-6-17(21)7-11-19/h2-7,10-11,18H,8-9,12-14H2,1H3,(H,22,24). The topological polar surface area (TPSA) is 41.6 Å². The van der Waals surface area contributed by atoms with Gasteiger partial charge in [0.15, 0.2) is 0 Å². The molecule has 0 saturated heterocycles. The molecule has 132 valence electrons. The van der Waals surface area contributed by atoms with E-state index in [4.69, 9.17) is 16.3 Å². The normalized spacial score (nSPS) is 13.7. The lowest BCUT2D eigenvalue weighted by atomic mass is 10.1. The van der Waals surface area contributed by atoms with Gasteiger partial charge in [0, 0.05) is 36.8 Å². The summed E-state index contributed by atoms with van der Waals surface area (Å²) in [5.41, 5.74) is 1.90. The van der Waals surface area contributed by atoms with Gasteiger partial charge in [0.1, 0.15) is 12.4 Å². The molecule has 5 heteroatoms. The smallest absolute Gasteiger partial charge is 0.251 e. The Morgan fingerprint density at radius 1 is 1.16 bits per heavy atom. The number of amides is 1. The second-order valence-corrected chi connectivity index (χ2v) is 6.72. The van der Waals surface area contributed by atoms with Crippen LogP contribution in [0, 0.1) is 0 Å². The molecule has 4 nitrogen and oxygen atoms in total. The molecule has 0 spiro atoms. The van der Waals surface area contributed by atoms with Crippen LogP contribution in [0.5, 0.6) is 5.75 Å². The van der Waals surface area contributed by atoms with Gasteiger partial charge in [-0.25, -0.2) is 0 Å². The van der Waals surface area contributed by atoms with Crippen LogP contribution in [-0.4, -0.2) is 37.0 Å². The lowest BCUT2D eigenvalue weighted by molar-refractivity contribution is 0.0963. The van der Waals surface area contributed by atoms with Gasteiger partial charge in [0.25, 0.3) is 5.91 Å². The van der Waals surface area contributed by atoms with E-state index in [1.54, 1.807) is 7.05 Å². The van der Waals surface area contributed by atoms with Crippen LogP contribution < -0.4 is 10.1 Å². The fourth-order valence-corrected chi connectivity index (χ4v) is 2.91. The molecule has 0 heterocycles. The molecule has 0 aliphatic heterocycles. The Morgan fingerprint density at radius 2 is 1.84 bits per heavy atom. The fourth-order valence-electron chi connectivity index (χ4n) is 2.78. The minimum Gasteiger partial charge on any atom is -0.492 e. The second kappa shape index (κ2) is 8.37. The van der Waals surface area contributed by atoms with Crippen LogP contribution in [0.15, 0.2) is 48.5 Å². The third-order valence-electron chi connectivity index (χ3n) is 4.35. The minimum atomic E-state index is -0.0537. The van der Waals surface area contributed by atoms with Gasteiger partial charge in [-0.3, -0.25) is 9.69 Å². The van der Waals surface area contributed by atoms with Gasteiger partial charge in [0.05, 0.1) is 0 Å². The third-order valence-corrected chi connectivity index (χ3v) is 4.60. The van der Waals surface area contributed by atoms with E-state index >= 15 is 0 Å². The molecule has 0 unspecified atom stereocenters. The van der Waals surface area contributed by atoms with Crippen LogP contribution in [0.1, 0.15) is 28.8 Å². The highest BCUT2D eigenvalue weighted by atomic mass is 35.5. The lowest BCUT2D eigenvalue weighted by Gasteiger charge is -2.22. The van der Waals surface area contributed by atoms with Crippen molar-refractivity contribution in [3.63, 3.8) is 0 Å². The van der Waals surface area contributed by atoms with Gasteiger partial charge >= 0.3 is 0 Å². The zero-order chi connectivity index (χ0) is 17.6. The first-order valence-electron chi connectivity index (χ1n) is 8.59. The van der Waals surface area contributed by atoms with E-state index in [1.165, 1.54) is 18.4 Å². The van der Waals surface area contributed by atoms with E-state index in [0.29, 0.717) is 23.2 Å². The summed E-state index contributed by atoms with van der Waals surface area (Å²) >= 11 is 5.89. The average molecular weight is 359 g/mol. The van der Waals surface area contributed by atoms with E-state index in [0.717, 1.165) is 18.8 Å². The number of carbonyl (C=O) groups excluding carboxylic acids is 1. The van der Waals surface area contributed by atoms with Gasteiger partial charge in [-0.15, -0.1) is 0 Å². The number of halogens is 1. The van der Waals surface area contributed by atoms with Crippen molar-refractivity contribution in [3.8, 4) is 5.75 Å². The molecule has 1 fully saturated rings. The van der Waals surface area contributed by atoms with E-state index in [2.05, 4.69) is 10.2 Å². The van der Waals surface area contributed by atoms with Crippen molar-refractivity contribution in [3.05, 3.63) is 64.7 Å². The largest absolute Gasteiger partial charge is 0.492 e. The highest BCUT2D eigenvalue weighted by Gasteiger charge is 2.28. The van der Waals surface area contributed by atoms with Crippen LogP contribution in [0.3, 0.4) is 0 Å². The highest BCUT2D eigenvalue weighted by Crippen LogP contribution is 2.28. The zero-order valence-corrected chi connectivity index (χ0v) is 15.1. The predicted octanol–water partition coefficient (Wildman–Crippen LogP) is 3.74. The number of ether oxygens (including phenoxy) is 1. The Labute approximate surface area is 153 Å². The Kier molecular flexibility index (Phi) is 5.95. The number of benzene rings is 2. The van der Waals surface area contributed by atoms with Crippen molar-refractivity contribution in [1.82, 2.24) is 10.2 Å². The Hall–Kier alpha value is -2.04. The van der Waals surface area contributed by atoms with E-state index < -0.39 is 0 Å². The summed E-state index contributed by atoms with van der Waals surface area (Å²) in [5, 5.41) is 3.36. The van der Waals surface area contributed by atoms with Crippen molar-refractivity contribution < 1.29 is 9.53 Å². The molecule has 1 saturated carbocycles. The maximum absolute atomic E-state index is 11.6. The van der Waals surface area contributed by atoms with Gasteiger partial charge in [-0.1, -0.05) is 23.7 Å². The quantitative estimate of drug-likeness (QED) is 0.781. The molecule has 2 aromatic rings. The highest BCUT2D eigenvalue weighted by molar-refractivity contribution is 6.30. The van der Waals surface area contributed by atoms with Crippen molar-refractivity contribution in [2.75, 3.05) is 20.2 Å². The summed E-state index contributed by atoms with van der Waals surface area (Å²) in [6.45, 7) is 2.40. The molecule has 1 amide bonds. The second-order valence-electron chi connectivity index (χ2n) is 6.28. The van der Waals surface area contributed by atoms with E-state index in [9.17, 15) is 4.79 Å². The molecule has 3 rings (SSSR count). The van der Waals surface area contributed by atoms with Crippen LogP contribution in [0.4, 0.5) is 0 Å². The molecule has 1 aliphatic carbocycles. The predicted molar refractivity (Wildman–Crippen MR) is 100 cm³/mol. The first-order chi connectivity index (χ1) is 12.2. The first kappa shape index (κ1) is 17.8. The summed E-state index contributed by atoms with van der Waals surface area (Å²) in [6, 6.07) is 15.9. The number of nitrogens with one attached hydrogen (secondary N) is 1. The molecule has 1 aliphatic rings. The number of hydrogen-bond acceptors (Lipinski definition) is 3. The van der Waals surface area contributed by atoms with Crippen molar-refractivity contribution in [2.45, 2.75) is 25.4 Å². The zero-order valence-electron chi connectivity index (χ0n) is 14.4. The molecular formula is C20H23ClN2O2. The lowest BCUT2D eigenvalue weighted by Crippen LogP contribution is -2.30. The SMILES string of the molecule is CNC(=O)c1ccc(CN(CCOc2ccc(Cl)cc2)C2CC2)cc1. The fraction of sp³-hybridized carbons (Fsp3) is 0.350. The minimum absolute atomic E-state index is 0.0537. The molecule has 0 bridgehead atoms. The van der Waals surface area contributed by atoms with Crippen LogP contribution in [0.25, 0.3) is 0 Å². The summed E-state index contributed by atoms with van der Waals surface area (Å²) in [4.78, 5) is 14.1. The first-order valence-corrected chi connectivity index (χ1v) is 8.97. The molecule has 0 radical (unpaired) electrons. The van der Waals surface area contributed by atoms with Crippen LogP contribution in [0.2, 0.25) is 5.02 Å². The van der Waals surface area contributed by atoms with Crippen molar-refractivity contribution in [2.24, 2.45) is 0 Å². The number of rotatable bonds is 8. The summed E-state index contributed by atoms with van der Waals surface area (Å²) in [5.74, 6) is 0.789. The monoisotopic (exact) mass is 358 g/mol. The molecule has 1 N–H and O–H groups in total. The van der Waals surface area contributed by atoms with Gasteiger partial charge < -0.3 is 10.1 Å². The molecule has 2 aromatic carbocycles. The number of nitrogens with zero attached hydrogens (tertiary/aromatic N) is 1. The Morgan fingerprint density at radius 3 is 2.44 bits per heavy atom. The molecular weight excluding hydrogens is 336 g/mol. The van der Waals surface area contributed by atoms with Gasteiger partial charge in [0.2, 0.25) is 0 Å². The molecule has 25 heavy (non-hydrogen) atoms. The van der Waals surface area contributed by atoms with Gasteiger partial charge in [-0.05, 0) is 54.8 Å². The summed E-state index contributed by atoms with van der Waals surface area (Å²) in [6.07, 6.45) is 2.49. The number of carbonyl (C=O) groups is 1. The van der Waals surface area contributed by atoms with E-state index in [-0.39, 0.29) is 5.91 Å². The summed E-state index contributed by atoms with van der Waals surface area (Å²) < 4.78 is 5.82. The Balaban J connectivity index is 1.53. The Bertz CT molecular complexity index is 697. The molecule has 0 atom stereocenters. The number of hydrogen-bond donors (Lipinski definition) is 1. The van der Waals surface area contributed by atoms with Crippen molar-refractivity contribution >= 4 is 17.5 Å². The van der Waals surface area contributed by atoms with Gasteiger partial charge in [-0.2, -0.15) is 0 Å². The molecule has 0 aromatic heterocycles. The maximum Gasteiger partial charge on any atom is 0.251 e. The van der Waals surface area contributed by atoms with Crippen LogP contribution in [-0.2, 0) is 6.54 Å². The average Bonchev–Trinajstić information content (AvgIpc) is 3.47. The third kappa shape index (κ3) is 5.21.